The summed E-state index contributed by atoms with van der Waals surface area (Å²) in [5.74, 6) is 0.0337. The molecule has 0 radical (unpaired) electrons. The van der Waals surface area contributed by atoms with Crippen molar-refractivity contribution in [2.24, 2.45) is 0 Å². The number of benzene rings is 1. The highest BCUT2D eigenvalue weighted by atomic mass is 16.1. The Labute approximate surface area is 95.3 Å². The van der Waals surface area contributed by atoms with Crippen LogP contribution in [0.3, 0.4) is 0 Å². The third kappa shape index (κ3) is 4.01. The zero-order valence-corrected chi connectivity index (χ0v) is 9.29. The second-order valence-corrected chi connectivity index (χ2v) is 3.32. The summed E-state index contributed by atoms with van der Waals surface area (Å²) < 4.78 is 0. The number of hydrogen-bond acceptors (Lipinski definition) is 3. The fourth-order valence-corrected chi connectivity index (χ4v) is 1.30. The summed E-state index contributed by atoms with van der Waals surface area (Å²) in [7, 11) is 0. The van der Waals surface area contributed by atoms with Gasteiger partial charge in [-0.2, -0.15) is 5.26 Å². The quantitative estimate of drug-likeness (QED) is 0.785. The molecule has 0 atom stereocenters. The number of rotatable bonds is 5. The van der Waals surface area contributed by atoms with Crippen molar-refractivity contribution < 1.29 is 4.79 Å². The number of amides is 1. The molecule has 0 aliphatic rings. The van der Waals surface area contributed by atoms with Gasteiger partial charge < -0.3 is 10.6 Å². The molecule has 84 valence electrons. The fraction of sp³-hybridized carbons (Fsp3) is 0.333. The van der Waals surface area contributed by atoms with Gasteiger partial charge in [0.05, 0.1) is 11.6 Å². The van der Waals surface area contributed by atoms with E-state index < -0.39 is 0 Å². The van der Waals surface area contributed by atoms with E-state index in [0.29, 0.717) is 25.1 Å². The summed E-state index contributed by atoms with van der Waals surface area (Å²) in [6.07, 6.45) is 0.435. The van der Waals surface area contributed by atoms with Gasteiger partial charge in [0.15, 0.2) is 0 Å². The van der Waals surface area contributed by atoms with Crippen LogP contribution in [0.4, 0.5) is 5.69 Å². The minimum atomic E-state index is 0.0337. The first-order valence-corrected chi connectivity index (χ1v) is 5.27. The largest absolute Gasteiger partial charge is 0.384 e. The number of nitriles is 1. The highest BCUT2D eigenvalue weighted by Gasteiger charge is 1.99. The van der Waals surface area contributed by atoms with E-state index >= 15 is 0 Å². The zero-order chi connectivity index (χ0) is 11.8. The third-order valence-corrected chi connectivity index (χ3v) is 2.05. The maximum Gasteiger partial charge on any atom is 0.221 e. The number of nitrogens with zero attached hydrogens (tertiary/aromatic N) is 1. The highest BCUT2D eigenvalue weighted by molar-refractivity contribution is 5.76. The van der Waals surface area contributed by atoms with Crippen molar-refractivity contribution in [3.05, 3.63) is 29.8 Å². The minimum Gasteiger partial charge on any atom is -0.384 e. The average molecular weight is 217 g/mol. The van der Waals surface area contributed by atoms with Crippen molar-refractivity contribution in [3.8, 4) is 6.07 Å². The molecule has 0 spiro atoms. The molecule has 0 heterocycles. The summed E-state index contributed by atoms with van der Waals surface area (Å²) in [5.41, 5.74) is 1.48. The topological polar surface area (TPSA) is 64.9 Å². The lowest BCUT2D eigenvalue weighted by Gasteiger charge is -2.06. The third-order valence-electron chi connectivity index (χ3n) is 2.05. The van der Waals surface area contributed by atoms with Crippen LogP contribution in [0.15, 0.2) is 24.3 Å². The molecule has 1 amide bonds. The maximum atomic E-state index is 11.2. The molecule has 2 N–H and O–H groups in total. The summed E-state index contributed by atoms with van der Waals surface area (Å²) in [4.78, 5) is 11.2. The molecular weight excluding hydrogens is 202 g/mol. The van der Waals surface area contributed by atoms with Crippen molar-refractivity contribution in [1.82, 2.24) is 5.32 Å². The molecule has 4 heteroatoms. The van der Waals surface area contributed by atoms with Crippen LogP contribution in [-0.4, -0.2) is 19.0 Å². The predicted octanol–water partition coefficient (Wildman–Crippen LogP) is 1.50. The molecule has 0 fully saturated rings. The van der Waals surface area contributed by atoms with E-state index in [9.17, 15) is 4.79 Å². The van der Waals surface area contributed by atoms with Gasteiger partial charge >= 0.3 is 0 Å². The van der Waals surface area contributed by atoms with Crippen LogP contribution in [0.5, 0.6) is 0 Å². The van der Waals surface area contributed by atoms with E-state index in [-0.39, 0.29) is 5.91 Å². The van der Waals surface area contributed by atoms with Gasteiger partial charge in [-0.1, -0.05) is 6.07 Å². The van der Waals surface area contributed by atoms with Crippen molar-refractivity contribution in [3.63, 3.8) is 0 Å². The van der Waals surface area contributed by atoms with Gasteiger partial charge in [0.1, 0.15) is 0 Å². The van der Waals surface area contributed by atoms with Gasteiger partial charge in [0.2, 0.25) is 5.91 Å². The van der Waals surface area contributed by atoms with Crippen molar-refractivity contribution >= 4 is 11.6 Å². The first kappa shape index (κ1) is 12.1. The Hall–Kier alpha value is -2.02. The smallest absolute Gasteiger partial charge is 0.221 e. The molecule has 1 aromatic rings. The molecule has 0 bridgehead atoms. The van der Waals surface area contributed by atoms with E-state index in [1.165, 1.54) is 0 Å². The second kappa shape index (κ2) is 6.46. The molecule has 0 unspecified atom stereocenters. The second-order valence-electron chi connectivity index (χ2n) is 3.32. The Balaban J connectivity index is 2.37. The molecule has 0 aliphatic heterocycles. The van der Waals surface area contributed by atoms with Gasteiger partial charge in [0.25, 0.3) is 0 Å². The van der Waals surface area contributed by atoms with Gasteiger partial charge in [-0.05, 0) is 25.1 Å². The van der Waals surface area contributed by atoms with E-state index in [1.54, 1.807) is 12.1 Å². The van der Waals surface area contributed by atoms with E-state index in [4.69, 9.17) is 5.26 Å². The van der Waals surface area contributed by atoms with Crippen molar-refractivity contribution in [2.75, 3.05) is 18.4 Å². The van der Waals surface area contributed by atoms with E-state index in [2.05, 4.69) is 16.7 Å². The van der Waals surface area contributed by atoms with Gasteiger partial charge in [-0.25, -0.2) is 0 Å². The Kier molecular flexibility index (Phi) is 4.87. The van der Waals surface area contributed by atoms with Crippen LogP contribution < -0.4 is 10.6 Å². The number of hydrogen-bond donors (Lipinski definition) is 2. The van der Waals surface area contributed by atoms with Crippen LogP contribution in [0.25, 0.3) is 0 Å². The van der Waals surface area contributed by atoms with Gasteiger partial charge in [0, 0.05) is 25.2 Å². The van der Waals surface area contributed by atoms with Crippen LogP contribution in [0.2, 0.25) is 0 Å². The first-order chi connectivity index (χ1) is 7.76. The minimum absolute atomic E-state index is 0.0337. The zero-order valence-electron chi connectivity index (χ0n) is 9.29. The monoisotopic (exact) mass is 217 g/mol. The molecule has 0 aromatic heterocycles. The van der Waals surface area contributed by atoms with Gasteiger partial charge in [-0.3, -0.25) is 4.79 Å². The normalized spacial score (nSPS) is 9.25. The molecule has 0 aliphatic carbocycles. The lowest BCUT2D eigenvalue weighted by atomic mass is 10.2. The molecule has 0 saturated carbocycles. The molecule has 0 saturated heterocycles. The number of nitrogens with one attached hydrogen (secondary N) is 2. The Bertz CT molecular complexity index is 395. The molecule has 16 heavy (non-hydrogen) atoms. The van der Waals surface area contributed by atoms with Crippen molar-refractivity contribution in [2.45, 2.75) is 13.3 Å². The molecule has 1 rings (SSSR count). The summed E-state index contributed by atoms with van der Waals surface area (Å²) in [6.45, 7) is 3.12. The Morgan fingerprint density at radius 3 is 3.00 bits per heavy atom. The first-order valence-electron chi connectivity index (χ1n) is 5.27. The van der Waals surface area contributed by atoms with Crippen LogP contribution in [0.1, 0.15) is 18.9 Å². The summed E-state index contributed by atoms with van der Waals surface area (Å²) in [6, 6.07) is 9.26. The highest BCUT2D eigenvalue weighted by Crippen LogP contribution is 2.09. The van der Waals surface area contributed by atoms with Gasteiger partial charge in [-0.15, -0.1) is 0 Å². The SMILES string of the molecule is CCNC(=O)CCNc1cccc(C#N)c1. The van der Waals surface area contributed by atoms with E-state index in [1.807, 2.05) is 19.1 Å². The number of carbonyl (C=O) groups is 1. The van der Waals surface area contributed by atoms with Crippen LogP contribution >= 0.6 is 0 Å². The number of anilines is 1. The lowest BCUT2D eigenvalue weighted by molar-refractivity contribution is -0.120. The summed E-state index contributed by atoms with van der Waals surface area (Å²) in [5, 5.41) is 14.5. The Morgan fingerprint density at radius 2 is 2.31 bits per heavy atom. The van der Waals surface area contributed by atoms with Crippen LogP contribution in [-0.2, 0) is 4.79 Å². The standard InChI is InChI=1S/C12H15N3O/c1-2-14-12(16)6-7-15-11-5-3-4-10(8-11)9-13/h3-5,8,15H,2,6-7H2,1H3,(H,14,16). The summed E-state index contributed by atoms with van der Waals surface area (Å²) >= 11 is 0. The van der Waals surface area contributed by atoms with E-state index in [0.717, 1.165) is 5.69 Å². The lowest BCUT2D eigenvalue weighted by Crippen LogP contribution is -2.24. The maximum absolute atomic E-state index is 11.2. The Morgan fingerprint density at radius 1 is 1.50 bits per heavy atom. The average Bonchev–Trinajstić information content (AvgIpc) is 2.30. The van der Waals surface area contributed by atoms with Crippen LogP contribution in [0, 0.1) is 11.3 Å². The molecule has 1 aromatic carbocycles. The predicted molar refractivity (Wildman–Crippen MR) is 62.9 cm³/mol. The van der Waals surface area contributed by atoms with Crippen molar-refractivity contribution in [1.29, 1.82) is 5.26 Å². The fourth-order valence-electron chi connectivity index (χ4n) is 1.30. The molecular formula is C12H15N3O. The molecule has 4 nitrogen and oxygen atoms in total. The number of carbonyl (C=O) groups excluding carboxylic acids is 1.